The van der Waals surface area contributed by atoms with Gasteiger partial charge in [-0.05, 0) is 19.1 Å². The van der Waals surface area contributed by atoms with Gasteiger partial charge in [0.15, 0.2) is 0 Å². The van der Waals surface area contributed by atoms with Gasteiger partial charge in [0.1, 0.15) is 11.9 Å². The summed E-state index contributed by atoms with van der Waals surface area (Å²) in [5, 5.41) is 11.1. The quantitative estimate of drug-likeness (QED) is 0.866. The van der Waals surface area contributed by atoms with Crippen LogP contribution in [0.4, 0.5) is 19.0 Å². The van der Waals surface area contributed by atoms with Crippen molar-refractivity contribution in [2.24, 2.45) is 0 Å². The Bertz CT molecular complexity index is 378. The minimum absolute atomic E-state index is 0.329. The van der Waals surface area contributed by atoms with Crippen LogP contribution < -0.4 is 5.32 Å². The number of halogens is 3. The number of rotatable bonds is 3. The number of alkyl halides is 3. The zero-order valence-corrected chi connectivity index (χ0v) is 8.54. The third-order valence-electron chi connectivity index (χ3n) is 1.82. The molecule has 1 unspecified atom stereocenters. The third kappa shape index (κ3) is 4.17. The molecule has 6 heteroatoms. The van der Waals surface area contributed by atoms with Gasteiger partial charge in [-0.1, -0.05) is 0 Å². The lowest BCUT2D eigenvalue weighted by Gasteiger charge is -2.16. The van der Waals surface area contributed by atoms with Crippen LogP contribution in [0.2, 0.25) is 0 Å². The van der Waals surface area contributed by atoms with E-state index < -0.39 is 18.6 Å². The van der Waals surface area contributed by atoms with E-state index >= 15 is 0 Å². The molecule has 0 aliphatic heterocycles. The topological polar surface area (TPSA) is 48.7 Å². The summed E-state index contributed by atoms with van der Waals surface area (Å²) in [4.78, 5) is 3.82. The van der Waals surface area contributed by atoms with Crippen molar-refractivity contribution >= 4 is 5.82 Å². The zero-order valence-electron chi connectivity index (χ0n) is 8.54. The Morgan fingerprint density at radius 1 is 1.50 bits per heavy atom. The molecule has 1 atom stereocenters. The summed E-state index contributed by atoms with van der Waals surface area (Å²) in [6.07, 6.45) is -3.81. The molecule has 1 N–H and O–H groups in total. The Labute approximate surface area is 90.9 Å². The molecule has 0 saturated carbocycles. The minimum atomic E-state index is -4.20. The molecular weight excluding hydrogens is 219 g/mol. The summed E-state index contributed by atoms with van der Waals surface area (Å²) < 4.78 is 36.1. The van der Waals surface area contributed by atoms with Crippen molar-refractivity contribution in [2.75, 3.05) is 5.32 Å². The van der Waals surface area contributed by atoms with Crippen LogP contribution in [0, 0.1) is 11.3 Å². The second kappa shape index (κ2) is 4.84. The molecule has 0 aliphatic carbocycles. The first kappa shape index (κ1) is 12.3. The highest BCUT2D eigenvalue weighted by Gasteiger charge is 2.29. The molecule has 3 nitrogen and oxygen atoms in total. The molecule has 1 heterocycles. The van der Waals surface area contributed by atoms with E-state index in [0.717, 1.165) is 0 Å². The number of nitrogens with one attached hydrogen (secondary N) is 1. The summed E-state index contributed by atoms with van der Waals surface area (Å²) >= 11 is 0. The fourth-order valence-corrected chi connectivity index (χ4v) is 1.20. The average Bonchev–Trinajstić information content (AvgIpc) is 2.16. The van der Waals surface area contributed by atoms with Crippen LogP contribution in [-0.2, 0) is 0 Å². The molecule has 0 aromatic carbocycles. The minimum Gasteiger partial charge on any atom is -0.367 e. The highest BCUT2D eigenvalue weighted by atomic mass is 19.4. The van der Waals surface area contributed by atoms with Gasteiger partial charge in [-0.15, -0.1) is 0 Å². The van der Waals surface area contributed by atoms with Gasteiger partial charge < -0.3 is 5.32 Å². The van der Waals surface area contributed by atoms with Crippen molar-refractivity contribution < 1.29 is 13.2 Å². The Morgan fingerprint density at radius 2 is 2.19 bits per heavy atom. The van der Waals surface area contributed by atoms with Crippen molar-refractivity contribution in [3.05, 3.63) is 23.9 Å². The van der Waals surface area contributed by atoms with Crippen LogP contribution in [0.1, 0.15) is 18.9 Å². The van der Waals surface area contributed by atoms with E-state index in [1.807, 2.05) is 6.07 Å². The first-order chi connectivity index (χ1) is 7.40. The molecule has 16 heavy (non-hydrogen) atoms. The third-order valence-corrected chi connectivity index (χ3v) is 1.82. The molecule has 0 amide bonds. The van der Waals surface area contributed by atoms with Crippen molar-refractivity contribution in [2.45, 2.75) is 25.6 Å². The first-order valence-corrected chi connectivity index (χ1v) is 4.60. The SMILES string of the molecule is CC(CC(F)(F)F)Nc1ccc(C#N)cn1. The van der Waals surface area contributed by atoms with Crippen LogP contribution in [0.15, 0.2) is 18.3 Å². The number of nitrogens with zero attached hydrogens (tertiary/aromatic N) is 2. The van der Waals surface area contributed by atoms with Crippen LogP contribution in [0.25, 0.3) is 0 Å². The molecule has 1 aromatic rings. The van der Waals surface area contributed by atoms with Crippen LogP contribution >= 0.6 is 0 Å². The summed E-state index contributed by atoms with van der Waals surface area (Å²) in [7, 11) is 0. The number of hydrogen-bond acceptors (Lipinski definition) is 3. The standard InChI is InChI=1S/C10H10F3N3/c1-7(4-10(11,12)13)16-9-3-2-8(5-14)6-15-9/h2-3,6-7H,4H2,1H3,(H,15,16). The number of nitriles is 1. The van der Waals surface area contributed by atoms with E-state index in [4.69, 9.17) is 5.26 Å². The predicted molar refractivity (Wildman–Crippen MR) is 52.7 cm³/mol. The predicted octanol–water partition coefficient (Wildman–Crippen LogP) is 2.71. The van der Waals surface area contributed by atoms with Crippen LogP contribution in [0.5, 0.6) is 0 Å². The van der Waals surface area contributed by atoms with Crippen LogP contribution in [0.3, 0.4) is 0 Å². The van der Waals surface area contributed by atoms with Gasteiger partial charge >= 0.3 is 6.18 Å². The summed E-state index contributed by atoms with van der Waals surface area (Å²) in [5.41, 5.74) is 0.369. The van der Waals surface area contributed by atoms with E-state index in [1.54, 1.807) is 0 Å². The fourth-order valence-electron chi connectivity index (χ4n) is 1.20. The molecule has 0 fully saturated rings. The normalized spacial score (nSPS) is 12.9. The molecule has 0 radical (unpaired) electrons. The Balaban J connectivity index is 2.57. The fraction of sp³-hybridized carbons (Fsp3) is 0.400. The van der Waals surface area contributed by atoms with Crippen molar-refractivity contribution in [3.8, 4) is 6.07 Å². The number of aromatic nitrogens is 1. The van der Waals surface area contributed by atoms with E-state index in [2.05, 4.69) is 10.3 Å². The smallest absolute Gasteiger partial charge is 0.367 e. The second-order valence-electron chi connectivity index (χ2n) is 3.41. The van der Waals surface area contributed by atoms with Gasteiger partial charge in [-0.2, -0.15) is 18.4 Å². The average molecular weight is 229 g/mol. The van der Waals surface area contributed by atoms with Gasteiger partial charge in [0, 0.05) is 12.2 Å². The van der Waals surface area contributed by atoms with Crippen molar-refractivity contribution in [1.82, 2.24) is 4.98 Å². The molecule has 1 aromatic heterocycles. The number of pyridine rings is 1. The van der Waals surface area contributed by atoms with Crippen molar-refractivity contribution in [1.29, 1.82) is 5.26 Å². The van der Waals surface area contributed by atoms with E-state index in [-0.39, 0.29) is 0 Å². The maximum atomic E-state index is 12.0. The summed E-state index contributed by atoms with van der Waals surface area (Å²) in [6.45, 7) is 1.42. The van der Waals surface area contributed by atoms with Gasteiger partial charge in [-0.3, -0.25) is 0 Å². The maximum Gasteiger partial charge on any atom is 0.391 e. The van der Waals surface area contributed by atoms with Crippen molar-refractivity contribution in [3.63, 3.8) is 0 Å². The Hall–Kier alpha value is -1.77. The highest BCUT2D eigenvalue weighted by Crippen LogP contribution is 2.22. The second-order valence-corrected chi connectivity index (χ2v) is 3.41. The van der Waals surface area contributed by atoms with Gasteiger partial charge in [0.2, 0.25) is 0 Å². The van der Waals surface area contributed by atoms with Gasteiger partial charge in [-0.25, -0.2) is 4.98 Å². The largest absolute Gasteiger partial charge is 0.391 e. The molecule has 1 rings (SSSR count). The first-order valence-electron chi connectivity index (χ1n) is 4.60. The van der Waals surface area contributed by atoms with Gasteiger partial charge in [0.25, 0.3) is 0 Å². The lowest BCUT2D eigenvalue weighted by molar-refractivity contribution is -0.136. The number of hydrogen-bond donors (Lipinski definition) is 1. The molecule has 0 saturated heterocycles. The molecular formula is C10H10F3N3. The molecule has 0 bridgehead atoms. The van der Waals surface area contributed by atoms with E-state index in [0.29, 0.717) is 11.4 Å². The lowest BCUT2D eigenvalue weighted by Crippen LogP contribution is -2.24. The van der Waals surface area contributed by atoms with E-state index in [1.165, 1.54) is 25.3 Å². The molecule has 0 spiro atoms. The zero-order chi connectivity index (χ0) is 12.2. The lowest BCUT2D eigenvalue weighted by atomic mass is 10.2. The van der Waals surface area contributed by atoms with E-state index in [9.17, 15) is 13.2 Å². The highest BCUT2D eigenvalue weighted by molar-refractivity contribution is 5.39. The molecule has 0 aliphatic rings. The maximum absolute atomic E-state index is 12.0. The number of anilines is 1. The molecule has 86 valence electrons. The van der Waals surface area contributed by atoms with Crippen LogP contribution in [-0.4, -0.2) is 17.2 Å². The monoisotopic (exact) mass is 229 g/mol. The van der Waals surface area contributed by atoms with Gasteiger partial charge in [0.05, 0.1) is 12.0 Å². The Kier molecular flexibility index (Phi) is 3.72. The summed E-state index contributed by atoms with van der Waals surface area (Å²) in [5.74, 6) is 0.329. The summed E-state index contributed by atoms with van der Waals surface area (Å²) in [6, 6.07) is 4.10. The Morgan fingerprint density at radius 3 is 2.62 bits per heavy atom.